The summed E-state index contributed by atoms with van der Waals surface area (Å²) in [6.45, 7) is 6.25. The SMILES string of the molecule is COCC[NH2+]CC(=O)N1CCC[C@@H](C)C1. The third-order valence-electron chi connectivity index (χ3n) is 2.85. The molecular formula is C11H23N2O2+. The topological polar surface area (TPSA) is 46.1 Å². The average Bonchev–Trinajstić information content (AvgIpc) is 2.24. The van der Waals surface area contributed by atoms with E-state index in [0.29, 0.717) is 19.1 Å². The van der Waals surface area contributed by atoms with E-state index in [2.05, 4.69) is 6.92 Å². The van der Waals surface area contributed by atoms with Crippen molar-refractivity contribution in [3.8, 4) is 0 Å². The summed E-state index contributed by atoms with van der Waals surface area (Å²) in [6, 6.07) is 0. The van der Waals surface area contributed by atoms with E-state index < -0.39 is 0 Å². The second-order valence-electron chi connectivity index (χ2n) is 4.36. The van der Waals surface area contributed by atoms with Crippen molar-refractivity contribution in [2.75, 3.05) is 39.9 Å². The Labute approximate surface area is 92.0 Å². The maximum atomic E-state index is 11.8. The fourth-order valence-corrected chi connectivity index (χ4v) is 1.97. The lowest BCUT2D eigenvalue weighted by Crippen LogP contribution is -2.87. The largest absolute Gasteiger partial charge is 0.379 e. The number of likely N-dealkylation sites (tertiary alicyclic amines) is 1. The second kappa shape index (κ2) is 6.80. The van der Waals surface area contributed by atoms with Crippen LogP contribution in [0.5, 0.6) is 0 Å². The van der Waals surface area contributed by atoms with Crippen LogP contribution < -0.4 is 5.32 Å². The highest BCUT2D eigenvalue weighted by molar-refractivity contribution is 5.77. The van der Waals surface area contributed by atoms with Gasteiger partial charge in [0.05, 0.1) is 13.2 Å². The number of carbonyl (C=O) groups excluding carboxylic acids is 1. The van der Waals surface area contributed by atoms with Gasteiger partial charge in [-0.05, 0) is 18.8 Å². The van der Waals surface area contributed by atoms with E-state index in [1.165, 1.54) is 6.42 Å². The summed E-state index contributed by atoms with van der Waals surface area (Å²) in [6.07, 6.45) is 2.42. The summed E-state index contributed by atoms with van der Waals surface area (Å²) < 4.78 is 4.93. The fraction of sp³-hybridized carbons (Fsp3) is 0.909. The Balaban J connectivity index is 2.15. The lowest BCUT2D eigenvalue weighted by molar-refractivity contribution is -0.646. The van der Waals surface area contributed by atoms with Gasteiger partial charge in [-0.3, -0.25) is 4.79 Å². The van der Waals surface area contributed by atoms with Gasteiger partial charge in [0.1, 0.15) is 0 Å². The minimum Gasteiger partial charge on any atom is -0.379 e. The number of quaternary nitrogens is 1. The van der Waals surface area contributed by atoms with E-state index in [-0.39, 0.29) is 5.91 Å². The molecule has 88 valence electrons. The van der Waals surface area contributed by atoms with Gasteiger partial charge in [0, 0.05) is 20.2 Å². The predicted octanol–water partition coefficient (Wildman–Crippen LogP) is -0.545. The maximum Gasteiger partial charge on any atom is 0.277 e. The number of hydrogen-bond donors (Lipinski definition) is 1. The molecule has 0 spiro atoms. The molecule has 0 aromatic rings. The molecule has 1 fully saturated rings. The van der Waals surface area contributed by atoms with Crippen molar-refractivity contribution in [3.05, 3.63) is 0 Å². The van der Waals surface area contributed by atoms with Crippen LogP contribution >= 0.6 is 0 Å². The number of ether oxygens (including phenoxy) is 1. The Bertz CT molecular complexity index is 197. The molecular weight excluding hydrogens is 192 g/mol. The van der Waals surface area contributed by atoms with Crippen molar-refractivity contribution in [1.29, 1.82) is 0 Å². The number of piperidine rings is 1. The first-order valence-electron chi connectivity index (χ1n) is 5.82. The van der Waals surface area contributed by atoms with Crippen LogP contribution in [-0.4, -0.2) is 50.7 Å². The zero-order chi connectivity index (χ0) is 11.1. The van der Waals surface area contributed by atoms with Gasteiger partial charge in [0.15, 0.2) is 6.54 Å². The van der Waals surface area contributed by atoms with E-state index in [0.717, 1.165) is 26.1 Å². The first-order valence-corrected chi connectivity index (χ1v) is 5.82. The summed E-state index contributed by atoms with van der Waals surface area (Å²) in [5.74, 6) is 0.944. The molecule has 0 unspecified atom stereocenters. The van der Waals surface area contributed by atoms with Gasteiger partial charge in [-0.1, -0.05) is 6.92 Å². The molecule has 0 aliphatic carbocycles. The van der Waals surface area contributed by atoms with E-state index in [1.807, 2.05) is 10.2 Å². The molecule has 0 aromatic carbocycles. The predicted molar refractivity (Wildman–Crippen MR) is 58.5 cm³/mol. The summed E-state index contributed by atoms with van der Waals surface area (Å²) in [5.41, 5.74) is 0. The Morgan fingerprint density at radius 1 is 1.60 bits per heavy atom. The highest BCUT2D eigenvalue weighted by Crippen LogP contribution is 2.14. The first-order chi connectivity index (χ1) is 7.24. The van der Waals surface area contributed by atoms with Gasteiger partial charge < -0.3 is 15.0 Å². The minimum atomic E-state index is 0.276. The van der Waals surface area contributed by atoms with Crippen LogP contribution in [0, 0.1) is 5.92 Å². The molecule has 0 aromatic heterocycles. The standard InChI is InChI=1S/C11H22N2O2/c1-10-4-3-6-13(9-10)11(14)8-12-5-7-15-2/h10,12H,3-9H2,1-2H3/p+1/t10-/m1/s1. The molecule has 1 heterocycles. The molecule has 1 aliphatic rings. The molecule has 4 heteroatoms. The second-order valence-corrected chi connectivity index (χ2v) is 4.36. The van der Waals surface area contributed by atoms with Crippen molar-refractivity contribution >= 4 is 5.91 Å². The number of carbonyl (C=O) groups is 1. The average molecular weight is 215 g/mol. The van der Waals surface area contributed by atoms with Gasteiger partial charge >= 0.3 is 0 Å². The lowest BCUT2D eigenvalue weighted by atomic mass is 10.0. The van der Waals surface area contributed by atoms with Crippen molar-refractivity contribution in [1.82, 2.24) is 4.90 Å². The Morgan fingerprint density at radius 2 is 2.40 bits per heavy atom. The number of rotatable bonds is 5. The molecule has 1 atom stereocenters. The molecule has 1 rings (SSSR count). The van der Waals surface area contributed by atoms with Crippen LogP contribution in [0.25, 0.3) is 0 Å². The summed E-state index contributed by atoms with van der Waals surface area (Å²) in [5, 5.41) is 2.02. The molecule has 0 saturated carbocycles. The molecule has 1 aliphatic heterocycles. The van der Waals surface area contributed by atoms with Crippen molar-refractivity contribution in [2.45, 2.75) is 19.8 Å². The summed E-state index contributed by atoms with van der Waals surface area (Å²) in [4.78, 5) is 13.8. The maximum absolute atomic E-state index is 11.8. The van der Waals surface area contributed by atoms with Crippen LogP contribution in [0.3, 0.4) is 0 Å². The quantitative estimate of drug-likeness (QED) is 0.626. The van der Waals surface area contributed by atoms with E-state index in [4.69, 9.17) is 4.74 Å². The summed E-state index contributed by atoms with van der Waals surface area (Å²) in [7, 11) is 1.68. The van der Waals surface area contributed by atoms with E-state index in [1.54, 1.807) is 7.11 Å². The number of nitrogens with zero attached hydrogens (tertiary/aromatic N) is 1. The van der Waals surface area contributed by atoms with Crippen molar-refractivity contribution in [3.63, 3.8) is 0 Å². The number of nitrogens with two attached hydrogens (primary N) is 1. The van der Waals surface area contributed by atoms with Gasteiger partial charge in [-0.25, -0.2) is 0 Å². The zero-order valence-electron chi connectivity index (χ0n) is 9.87. The summed E-state index contributed by atoms with van der Waals surface area (Å²) >= 11 is 0. The Kier molecular flexibility index (Phi) is 5.65. The molecule has 2 N–H and O–H groups in total. The van der Waals surface area contributed by atoms with E-state index in [9.17, 15) is 4.79 Å². The Morgan fingerprint density at radius 3 is 3.07 bits per heavy atom. The van der Waals surface area contributed by atoms with Gasteiger partial charge in [-0.15, -0.1) is 0 Å². The minimum absolute atomic E-state index is 0.276. The molecule has 4 nitrogen and oxygen atoms in total. The lowest BCUT2D eigenvalue weighted by Gasteiger charge is -2.30. The number of amides is 1. The first kappa shape index (κ1) is 12.5. The number of hydrogen-bond acceptors (Lipinski definition) is 2. The normalized spacial score (nSPS) is 21.7. The van der Waals surface area contributed by atoms with Gasteiger partial charge in [-0.2, -0.15) is 0 Å². The molecule has 0 radical (unpaired) electrons. The smallest absolute Gasteiger partial charge is 0.277 e. The van der Waals surface area contributed by atoms with Gasteiger partial charge in [0.2, 0.25) is 0 Å². The van der Waals surface area contributed by atoms with E-state index >= 15 is 0 Å². The highest BCUT2D eigenvalue weighted by atomic mass is 16.5. The van der Waals surface area contributed by atoms with Crippen LogP contribution in [0.2, 0.25) is 0 Å². The third-order valence-corrected chi connectivity index (χ3v) is 2.85. The zero-order valence-corrected chi connectivity index (χ0v) is 9.87. The molecule has 1 amide bonds. The van der Waals surface area contributed by atoms with Crippen LogP contribution in [0.4, 0.5) is 0 Å². The van der Waals surface area contributed by atoms with Crippen LogP contribution in [0.15, 0.2) is 0 Å². The molecule has 1 saturated heterocycles. The monoisotopic (exact) mass is 215 g/mol. The number of methoxy groups -OCH3 is 1. The fourth-order valence-electron chi connectivity index (χ4n) is 1.97. The van der Waals surface area contributed by atoms with Gasteiger partial charge in [0.25, 0.3) is 5.91 Å². The molecule has 15 heavy (non-hydrogen) atoms. The van der Waals surface area contributed by atoms with Crippen LogP contribution in [-0.2, 0) is 9.53 Å². The van der Waals surface area contributed by atoms with Crippen molar-refractivity contribution in [2.24, 2.45) is 5.92 Å². The Hall–Kier alpha value is -0.610. The highest BCUT2D eigenvalue weighted by Gasteiger charge is 2.21. The third kappa shape index (κ3) is 4.62. The molecule has 0 bridgehead atoms. The van der Waals surface area contributed by atoms with Crippen LogP contribution in [0.1, 0.15) is 19.8 Å². The van der Waals surface area contributed by atoms with Crippen molar-refractivity contribution < 1.29 is 14.8 Å².